The van der Waals surface area contributed by atoms with E-state index in [4.69, 9.17) is 0 Å². The van der Waals surface area contributed by atoms with E-state index in [9.17, 15) is 0 Å². The Bertz CT molecular complexity index is 186. The first-order chi connectivity index (χ1) is 9.38. The average molecular weight is 268 g/mol. The van der Waals surface area contributed by atoms with Crippen LogP contribution in [0.2, 0.25) is 0 Å². The predicted octanol–water partition coefficient (Wildman–Crippen LogP) is 5.69. The molecule has 0 aromatic carbocycles. The van der Waals surface area contributed by atoms with E-state index in [1.807, 2.05) is 0 Å². The molecule has 1 aliphatic rings. The lowest BCUT2D eigenvalue weighted by molar-refractivity contribution is 0.224. The van der Waals surface area contributed by atoms with Crippen LogP contribution in [-0.4, -0.2) is 13.1 Å². The van der Waals surface area contributed by atoms with Crippen molar-refractivity contribution in [2.45, 2.75) is 103 Å². The third kappa shape index (κ3) is 7.97. The van der Waals surface area contributed by atoms with Crippen molar-refractivity contribution in [3.63, 3.8) is 0 Å². The summed E-state index contributed by atoms with van der Waals surface area (Å²) in [4.78, 5) is 0. The van der Waals surface area contributed by atoms with E-state index in [-0.39, 0.29) is 0 Å². The van der Waals surface area contributed by atoms with Crippen LogP contribution in [0.25, 0.3) is 0 Å². The third-order valence-corrected chi connectivity index (χ3v) is 4.96. The van der Waals surface area contributed by atoms with Gasteiger partial charge in [-0.25, -0.2) is 0 Å². The SMILES string of the molecule is CCCCCCCCCCCCC(NC)C1CCC1. The molecular weight excluding hydrogens is 230 g/mol. The van der Waals surface area contributed by atoms with E-state index in [0.717, 1.165) is 12.0 Å². The molecule has 0 radical (unpaired) electrons. The fourth-order valence-corrected chi connectivity index (χ4v) is 3.31. The largest absolute Gasteiger partial charge is 0.317 e. The molecule has 19 heavy (non-hydrogen) atoms. The van der Waals surface area contributed by atoms with Crippen molar-refractivity contribution in [1.82, 2.24) is 5.32 Å². The van der Waals surface area contributed by atoms with Crippen LogP contribution in [0.4, 0.5) is 0 Å². The number of hydrogen-bond donors (Lipinski definition) is 1. The van der Waals surface area contributed by atoms with Crippen LogP contribution in [0.1, 0.15) is 96.8 Å². The molecule has 1 nitrogen and oxygen atoms in total. The van der Waals surface area contributed by atoms with Gasteiger partial charge in [-0.2, -0.15) is 0 Å². The molecule has 0 bridgehead atoms. The van der Waals surface area contributed by atoms with Crippen molar-refractivity contribution in [1.29, 1.82) is 0 Å². The summed E-state index contributed by atoms with van der Waals surface area (Å²) in [5.74, 6) is 1.00. The van der Waals surface area contributed by atoms with Crippen molar-refractivity contribution in [2.24, 2.45) is 5.92 Å². The minimum Gasteiger partial charge on any atom is -0.317 e. The monoisotopic (exact) mass is 267 g/mol. The Morgan fingerprint density at radius 3 is 1.79 bits per heavy atom. The summed E-state index contributed by atoms with van der Waals surface area (Å²) in [6, 6.07) is 0.822. The predicted molar refractivity (Wildman–Crippen MR) is 86.6 cm³/mol. The highest BCUT2D eigenvalue weighted by atomic mass is 14.9. The Labute approximate surface area is 121 Å². The van der Waals surface area contributed by atoms with E-state index < -0.39 is 0 Å². The smallest absolute Gasteiger partial charge is 0.00923 e. The third-order valence-electron chi connectivity index (χ3n) is 4.96. The number of unbranched alkanes of at least 4 members (excludes halogenated alkanes) is 9. The fraction of sp³-hybridized carbons (Fsp3) is 1.00. The van der Waals surface area contributed by atoms with Crippen molar-refractivity contribution < 1.29 is 0 Å². The van der Waals surface area contributed by atoms with Crippen LogP contribution in [0.5, 0.6) is 0 Å². The molecule has 1 fully saturated rings. The second-order valence-electron chi connectivity index (χ2n) is 6.56. The van der Waals surface area contributed by atoms with E-state index in [0.29, 0.717) is 0 Å². The second kappa shape index (κ2) is 11.8. The lowest BCUT2D eigenvalue weighted by Crippen LogP contribution is -2.37. The molecule has 0 heterocycles. The van der Waals surface area contributed by atoms with Gasteiger partial charge in [0.1, 0.15) is 0 Å². The Kier molecular flexibility index (Phi) is 10.5. The summed E-state index contributed by atoms with van der Waals surface area (Å²) in [6.07, 6.45) is 20.4. The molecule has 0 saturated heterocycles. The van der Waals surface area contributed by atoms with E-state index >= 15 is 0 Å². The maximum absolute atomic E-state index is 3.53. The molecule has 0 aliphatic heterocycles. The molecule has 1 rings (SSSR count). The maximum atomic E-state index is 3.53. The van der Waals surface area contributed by atoms with E-state index in [1.165, 1.54) is 89.9 Å². The van der Waals surface area contributed by atoms with E-state index in [1.54, 1.807) is 0 Å². The van der Waals surface area contributed by atoms with Gasteiger partial charge >= 0.3 is 0 Å². The second-order valence-corrected chi connectivity index (χ2v) is 6.56. The molecule has 0 aromatic heterocycles. The van der Waals surface area contributed by atoms with Crippen LogP contribution in [0, 0.1) is 5.92 Å². The van der Waals surface area contributed by atoms with Crippen LogP contribution in [-0.2, 0) is 0 Å². The Morgan fingerprint density at radius 2 is 1.37 bits per heavy atom. The van der Waals surface area contributed by atoms with Crippen molar-refractivity contribution in [3.8, 4) is 0 Å². The van der Waals surface area contributed by atoms with Crippen LogP contribution >= 0.6 is 0 Å². The van der Waals surface area contributed by atoms with Gasteiger partial charge in [-0.15, -0.1) is 0 Å². The summed E-state index contributed by atoms with van der Waals surface area (Å²) in [5, 5.41) is 3.53. The van der Waals surface area contributed by atoms with Gasteiger partial charge in [-0.3, -0.25) is 0 Å². The fourth-order valence-electron chi connectivity index (χ4n) is 3.31. The first-order valence-corrected chi connectivity index (χ1v) is 9.05. The minimum absolute atomic E-state index is 0.822. The number of nitrogens with one attached hydrogen (secondary N) is 1. The molecule has 0 aromatic rings. The summed E-state index contributed by atoms with van der Waals surface area (Å²) in [5.41, 5.74) is 0. The zero-order chi connectivity index (χ0) is 13.8. The first kappa shape index (κ1) is 17.0. The lowest BCUT2D eigenvalue weighted by atomic mass is 9.78. The van der Waals surface area contributed by atoms with Gasteiger partial charge in [0.2, 0.25) is 0 Å². The Balaban J connectivity index is 1.80. The highest BCUT2D eigenvalue weighted by Gasteiger charge is 2.25. The maximum Gasteiger partial charge on any atom is 0.00923 e. The van der Waals surface area contributed by atoms with Crippen molar-refractivity contribution in [2.75, 3.05) is 7.05 Å². The van der Waals surface area contributed by atoms with Crippen LogP contribution in [0.15, 0.2) is 0 Å². The molecule has 1 atom stereocenters. The van der Waals surface area contributed by atoms with Gasteiger partial charge in [0.15, 0.2) is 0 Å². The van der Waals surface area contributed by atoms with Gasteiger partial charge < -0.3 is 5.32 Å². The van der Waals surface area contributed by atoms with Gasteiger partial charge in [0.05, 0.1) is 0 Å². The quantitative estimate of drug-likeness (QED) is 0.423. The van der Waals surface area contributed by atoms with Crippen LogP contribution < -0.4 is 5.32 Å². The highest BCUT2D eigenvalue weighted by Crippen LogP contribution is 2.31. The molecule has 1 heteroatoms. The summed E-state index contributed by atoms with van der Waals surface area (Å²) in [6.45, 7) is 2.29. The molecule has 1 N–H and O–H groups in total. The van der Waals surface area contributed by atoms with E-state index in [2.05, 4.69) is 19.3 Å². The zero-order valence-electron chi connectivity index (χ0n) is 13.6. The molecule has 1 aliphatic carbocycles. The summed E-state index contributed by atoms with van der Waals surface area (Å²) >= 11 is 0. The molecule has 1 unspecified atom stereocenters. The average Bonchev–Trinajstić information content (AvgIpc) is 2.37. The van der Waals surface area contributed by atoms with Gasteiger partial charge in [0.25, 0.3) is 0 Å². The van der Waals surface area contributed by atoms with Gasteiger partial charge in [-0.05, 0) is 32.2 Å². The van der Waals surface area contributed by atoms with Crippen molar-refractivity contribution >= 4 is 0 Å². The number of rotatable bonds is 13. The zero-order valence-corrected chi connectivity index (χ0v) is 13.6. The number of hydrogen-bond acceptors (Lipinski definition) is 1. The molecule has 114 valence electrons. The first-order valence-electron chi connectivity index (χ1n) is 9.05. The molecule has 1 saturated carbocycles. The molecule has 0 spiro atoms. The van der Waals surface area contributed by atoms with Crippen molar-refractivity contribution in [3.05, 3.63) is 0 Å². The Hall–Kier alpha value is -0.0400. The summed E-state index contributed by atoms with van der Waals surface area (Å²) in [7, 11) is 2.15. The minimum atomic E-state index is 0.822. The topological polar surface area (TPSA) is 12.0 Å². The molecule has 0 amide bonds. The van der Waals surface area contributed by atoms with Gasteiger partial charge in [0, 0.05) is 6.04 Å². The van der Waals surface area contributed by atoms with Crippen LogP contribution in [0.3, 0.4) is 0 Å². The summed E-state index contributed by atoms with van der Waals surface area (Å²) < 4.78 is 0. The standard InChI is InChI=1S/C18H37N/c1-3-4-5-6-7-8-9-10-11-12-16-18(19-2)17-14-13-15-17/h17-19H,3-16H2,1-2H3. The highest BCUT2D eigenvalue weighted by molar-refractivity contribution is 4.81. The lowest BCUT2D eigenvalue weighted by Gasteiger charge is -2.33. The molecular formula is C18H37N. The Morgan fingerprint density at radius 1 is 0.842 bits per heavy atom. The normalized spacial score (nSPS) is 17.4. The van der Waals surface area contributed by atoms with Gasteiger partial charge in [-0.1, -0.05) is 77.6 Å².